The van der Waals surface area contributed by atoms with Crippen molar-refractivity contribution in [2.45, 2.75) is 38.8 Å². The minimum absolute atomic E-state index is 0.317. The lowest BCUT2D eigenvalue weighted by molar-refractivity contribution is 0.201. The average molecular weight is 261 g/mol. The van der Waals surface area contributed by atoms with E-state index in [1.54, 1.807) is 0 Å². The fourth-order valence-electron chi connectivity index (χ4n) is 2.91. The number of fused-ring (bicyclic) bond motifs is 1. The van der Waals surface area contributed by atoms with Crippen molar-refractivity contribution < 1.29 is 0 Å². The van der Waals surface area contributed by atoms with Crippen molar-refractivity contribution in [1.29, 1.82) is 0 Å². The van der Waals surface area contributed by atoms with Gasteiger partial charge in [0.2, 0.25) is 0 Å². The monoisotopic (exact) mass is 261 g/mol. The van der Waals surface area contributed by atoms with Crippen LogP contribution in [0.2, 0.25) is 0 Å². The molecule has 0 saturated heterocycles. The molecule has 1 atom stereocenters. The molecule has 1 heterocycles. The standard InChI is InChI=1S/C16H27N3/c1-12(2)19(4)16(11-17)14-7-8-15-13(10-14)6-5-9-18(15)3/h7-8,10,12,16H,5-6,9,11,17H2,1-4H3. The second-order valence-electron chi connectivity index (χ2n) is 5.92. The lowest BCUT2D eigenvalue weighted by atomic mass is 9.96. The van der Waals surface area contributed by atoms with Crippen molar-refractivity contribution in [2.75, 3.05) is 32.1 Å². The zero-order chi connectivity index (χ0) is 14.0. The van der Waals surface area contributed by atoms with Gasteiger partial charge in [-0.1, -0.05) is 12.1 Å². The zero-order valence-electron chi connectivity index (χ0n) is 12.7. The maximum atomic E-state index is 5.99. The zero-order valence-corrected chi connectivity index (χ0v) is 12.7. The number of benzene rings is 1. The third-order valence-electron chi connectivity index (χ3n) is 4.37. The molecule has 19 heavy (non-hydrogen) atoms. The number of anilines is 1. The molecule has 1 aromatic rings. The van der Waals surface area contributed by atoms with Crippen LogP contribution in [0, 0.1) is 0 Å². The summed E-state index contributed by atoms with van der Waals surface area (Å²) in [6.07, 6.45) is 2.44. The van der Waals surface area contributed by atoms with E-state index in [0.29, 0.717) is 18.6 Å². The number of hydrogen-bond donors (Lipinski definition) is 1. The molecule has 3 nitrogen and oxygen atoms in total. The maximum absolute atomic E-state index is 5.99. The molecule has 1 unspecified atom stereocenters. The van der Waals surface area contributed by atoms with Crippen LogP contribution in [0.15, 0.2) is 18.2 Å². The maximum Gasteiger partial charge on any atom is 0.0470 e. The first kappa shape index (κ1) is 14.4. The Kier molecular flexibility index (Phi) is 4.48. The lowest BCUT2D eigenvalue weighted by Gasteiger charge is -2.33. The van der Waals surface area contributed by atoms with E-state index in [0.717, 1.165) is 0 Å². The van der Waals surface area contributed by atoms with E-state index < -0.39 is 0 Å². The topological polar surface area (TPSA) is 32.5 Å². The summed E-state index contributed by atoms with van der Waals surface area (Å²) < 4.78 is 0. The van der Waals surface area contributed by atoms with E-state index in [9.17, 15) is 0 Å². The molecule has 1 aromatic carbocycles. The minimum atomic E-state index is 0.317. The molecule has 0 bridgehead atoms. The van der Waals surface area contributed by atoms with Crippen LogP contribution >= 0.6 is 0 Å². The average Bonchev–Trinajstić information content (AvgIpc) is 2.39. The van der Waals surface area contributed by atoms with Gasteiger partial charge < -0.3 is 10.6 Å². The summed E-state index contributed by atoms with van der Waals surface area (Å²) >= 11 is 0. The van der Waals surface area contributed by atoms with Crippen LogP contribution in [-0.4, -0.2) is 38.1 Å². The number of rotatable bonds is 4. The molecule has 2 rings (SSSR count). The molecule has 0 saturated carbocycles. The first-order chi connectivity index (χ1) is 9.04. The SMILES string of the molecule is CC(C)N(C)C(CN)c1ccc2c(c1)CCCN2C. The van der Waals surface area contributed by atoms with Crippen LogP contribution in [0.25, 0.3) is 0 Å². The van der Waals surface area contributed by atoms with Gasteiger partial charge in [-0.05, 0) is 50.9 Å². The minimum Gasteiger partial charge on any atom is -0.374 e. The summed E-state index contributed by atoms with van der Waals surface area (Å²) in [5.41, 5.74) is 10.2. The van der Waals surface area contributed by atoms with Gasteiger partial charge in [-0.3, -0.25) is 4.90 Å². The van der Waals surface area contributed by atoms with Gasteiger partial charge in [-0.2, -0.15) is 0 Å². The predicted molar refractivity (Wildman–Crippen MR) is 82.7 cm³/mol. The summed E-state index contributed by atoms with van der Waals surface area (Å²) in [7, 11) is 4.34. The normalized spacial score (nSPS) is 16.9. The van der Waals surface area contributed by atoms with Crippen LogP contribution in [0.3, 0.4) is 0 Å². The fraction of sp³-hybridized carbons (Fsp3) is 0.625. The Labute approximate surface area is 117 Å². The summed E-state index contributed by atoms with van der Waals surface area (Å²) in [4.78, 5) is 4.71. The van der Waals surface area contributed by atoms with E-state index in [1.165, 1.54) is 36.2 Å². The van der Waals surface area contributed by atoms with Crippen molar-refractivity contribution in [3.63, 3.8) is 0 Å². The smallest absolute Gasteiger partial charge is 0.0470 e. The molecule has 0 fully saturated rings. The lowest BCUT2D eigenvalue weighted by Crippen LogP contribution is -2.35. The largest absolute Gasteiger partial charge is 0.374 e. The van der Waals surface area contributed by atoms with E-state index in [1.807, 2.05) is 0 Å². The summed E-state index contributed by atoms with van der Waals surface area (Å²) in [6, 6.07) is 7.70. The van der Waals surface area contributed by atoms with Crippen molar-refractivity contribution in [3.05, 3.63) is 29.3 Å². The van der Waals surface area contributed by atoms with E-state index in [4.69, 9.17) is 5.73 Å². The Morgan fingerprint density at radius 1 is 1.37 bits per heavy atom. The highest BCUT2D eigenvalue weighted by Crippen LogP contribution is 2.30. The number of likely N-dealkylation sites (N-methyl/N-ethyl adjacent to an activating group) is 1. The Balaban J connectivity index is 2.30. The Hall–Kier alpha value is -1.06. The van der Waals surface area contributed by atoms with Crippen LogP contribution < -0.4 is 10.6 Å². The number of aryl methyl sites for hydroxylation is 1. The molecular formula is C16H27N3. The van der Waals surface area contributed by atoms with Gasteiger partial charge in [0, 0.05) is 37.9 Å². The summed E-state index contributed by atoms with van der Waals surface area (Å²) in [6.45, 7) is 6.27. The molecule has 0 radical (unpaired) electrons. The molecule has 2 N–H and O–H groups in total. The Bertz CT molecular complexity index is 428. The summed E-state index contributed by atoms with van der Waals surface area (Å²) in [5.74, 6) is 0. The second kappa shape index (κ2) is 5.93. The molecular weight excluding hydrogens is 234 g/mol. The van der Waals surface area contributed by atoms with Crippen LogP contribution in [0.1, 0.15) is 37.4 Å². The van der Waals surface area contributed by atoms with Gasteiger partial charge >= 0.3 is 0 Å². The first-order valence-corrected chi connectivity index (χ1v) is 7.30. The van der Waals surface area contributed by atoms with Crippen LogP contribution in [0.5, 0.6) is 0 Å². The van der Waals surface area contributed by atoms with Crippen LogP contribution in [-0.2, 0) is 6.42 Å². The van der Waals surface area contributed by atoms with Gasteiger partial charge in [0.25, 0.3) is 0 Å². The van der Waals surface area contributed by atoms with E-state index >= 15 is 0 Å². The second-order valence-corrected chi connectivity index (χ2v) is 5.92. The third-order valence-corrected chi connectivity index (χ3v) is 4.37. The van der Waals surface area contributed by atoms with Crippen molar-refractivity contribution in [2.24, 2.45) is 5.73 Å². The highest BCUT2D eigenvalue weighted by molar-refractivity contribution is 5.56. The van der Waals surface area contributed by atoms with Gasteiger partial charge in [-0.15, -0.1) is 0 Å². The van der Waals surface area contributed by atoms with E-state index in [-0.39, 0.29) is 0 Å². The molecule has 0 aliphatic carbocycles. The van der Waals surface area contributed by atoms with Crippen molar-refractivity contribution in [3.8, 4) is 0 Å². The number of nitrogens with zero attached hydrogens (tertiary/aromatic N) is 2. The molecule has 1 aliphatic heterocycles. The predicted octanol–water partition coefficient (Wildman–Crippen LogP) is 2.41. The molecule has 0 spiro atoms. The van der Waals surface area contributed by atoms with Crippen molar-refractivity contribution >= 4 is 5.69 Å². The number of nitrogens with two attached hydrogens (primary N) is 1. The molecule has 106 valence electrons. The fourth-order valence-corrected chi connectivity index (χ4v) is 2.91. The summed E-state index contributed by atoms with van der Waals surface area (Å²) in [5, 5.41) is 0. The molecule has 0 aromatic heterocycles. The van der Waals surface area contributed by atoms with Crippen LogP contribution in [0.4, 0.5) is 5.69 Å². The Morgan fingerprint density at radius 3 is 2.74 bits per heavy atom. The molecule has 0 amide bonds. The highest BCUT2D eigenvalue weighted by Gasteiger charge is 2.20. The van der Waals surface area contributed by atoms with E-state index in [2.05, 4.69) is 55.9 Å². The Morgan fingerprint density at radius 2 is 2.11 bits per heavy atom. The van der Waals surface area contributed by atoms with Gasteiger partial charge in [0.05, 0.1) is 0 Å². The van der Waals surface area contributed by atoms with Gasteiger partial charge in [0.15, 0.2) is 0 Å². The molecule has 1 aliphatic rings. The molecule has 3 heteroatoms. The number of hydrogen-bond acceptors (Lipinski definition) is 3. The van der Waals surface area contributed by atoms with Gasteiger partial charge in [-0.25, -0.2) is 0 Å². The quantitative estimate of drug-likeness (QED) is 0.903. The highest BCUT2D eigenvalue weighted by atomic mass is 15.2. The third kappa shape index (κ3) is 2.93. The first-order valence-electron chi connectivity index (χ1n) is 7.30. The van der Waals surface area contributed by atoms with Gasteiger partial charge in [0.1, 0.15) is 0 Å². The van der Waals surface area contributed by atoms with Crippen molar-refractivity contribution in [1.82, 2.24) is 4.90 Å².